The molecule has 0 radical (unpaired) electrons. The van der Waals surface area contributed by atoms with Crippen LogP contribution in [-0.4, -0.2) is 31.1 Å². The average Bonchev–Trinajstić information content (AvgIpc) is 3.26. The van der Waals surface area contributed by atoms with E-state index in [0.29, 0.717) is 0 Å². The predicted molar refractivity (Wildman–Crippen MR) is 148 cm³/mol. The van der Waals surface area contributed by atoms with Crippen molar-refractivity contribution in [2.75, 3.05) is 13.0 Å². The highest BCUT2D eigenvalue weighted by Gasteiger charge is 2.29. The van der Waals surface area contributed by atoms with Gasteiger partial charge in [0.25, 0.3) is 0 Å². The van der Waals surface area contributed by atoms with Crippen molar-refractivity contribution in [2.24, 2.45) is 0 Å². The molecule has 0 saturated heterocycles. The van der Waals surface area contributed by atoms with Crippen LogP contribution in [0.5, 0.6) is 0 Å². The summed E-state index contributed by atoms with van der Waals surface area (Å²) in [5.41, 5.74) is 4.60. The second kappa shape index (κ2) is 11.4. The minimum absolute atomic E-state index is 0.0410. The van der Waals surface area contributed by atoms with Crippen LogP contribution >= 0.6 is 7.92 Å². The smallest absolute Gasteiger partial charge is 0.407 e. The van der Waals surface area contributed by atoms with Crippen LogP contribution in [0.25, 0.3) is 11.1 Å². The Morgan fingerprint density at radius 2 is 1.22 bits per heavy atom. The molecular formula is C31H28NO4P. The van der Waals surface area contributed by atoms with Gasteiger partial charge in [0.15, 0.2) is 0 Å². The Balaban J connectivity index is 1.17. The van der Waals surface area contributed by atoms with Crippen LogP contribution in [0.1, 0.15) is 24.0 Å². The average molecular weight is 510 g/mol. The number of alkyl carbamates (subject to hydrolysis) is 1. The Morgan fingerprint density at radius 1 is 0.730 bits per heavy atom. The summed E-state index contributed by atoms with van der Waals surface area (Å²) in [6.07, 6.45) is -0.404. The fraction of sp³-hybridized carbons (Fsp3) is 0.161. The van der Waals surface area contributed by atoms with E-state index in [1.165, 1.54) is 0 Å². The third kappa shape index (κ3) is 5.58. The molecule has 186 valence electrons. The van der Waals surface area contributed by atoms with Gasteiger partial charge >= 0.3 is 12.1 Å². The summed E-state index contributed by atoms with van der Waals surface area (Å²) in [7, 11) is -0.878. The second-order valence-corrected chi connectivity index (χ2v) is 11.0. The molecule has 1 atom stereocenters. The Morgan fingerprint density at radius 3 is 1.76 bits per heavy atom. The highest BCUT2D eigenvalue weighted by Crippen LogP contribution is 2.44. The summed E-state index contributed by atoms with van der Waals surface area (Å²) in [6.45, 7) is 1.80. The second-order valence-electron chi connectivity index (χ2n) is 8.88. The van der Waals surface area contributed by atoms with Crippen molar-refractivity contribution in [3.63, 3.8) is 0 Å². The summed E-state index contributed by atoms with van der Waals surface area (Å²) in [6, 6.07) is 35.6. The molecule has 1 amide bonds. The number of benzene rings is 4. The molecule has 0 bridgehead atoms. The molecule has 1 N–H and O–H groups in total. The van der Waals surface area contributed by atoms with Crippen molar-refractivity contribution < 1.29 is 19.1 Å². The van der Waals surface area contributed by atoms with Gasteiger partial charge in [-0.05, 0) is 47.7 Å². The summed E-state index contributed by atoms with van der Waals surface area (Å²) in [4.78, 5) is 25.3. The molecule has 0 aromatic heterocycles. The number of rotatable bonds is 8. The maximum Gasteiger partial charge on any atom is 0.407 e. The number of esters is 1. The number of nitrogens with one attached hydrogen (secondary N) is 1. The largest absolute Gasteiger partial charge is 0.459 e. The summed E-state index contributed by atoms with van der Waals surface area (Å²) >= 11 is 0. The van der Waals surface area contributed by atoms with E-state index in [4.69, 9.17) is 9.47 Å². The fourth-order valence-electron chi connectivity index (χ4n) is 4.64. The molecule has 1 aliphatic rings. The lowest BCUT2D eigenvalue weighted by atomic mass is 9.98. The van der Waals surface area contributed by atoms with Crippen LogP contribution in [-0.2, 0) is 14.3 Å². The first-order valence-electron chi connectivity index (χ1n) is 12.3. The van der Waals surface area contributed by atoms with E-state index >= 15 is 0 Å². The van der Waals surface area contributed by atoms with Gasteiger partial charge in [0.1, 0.15) is 19.0 Å². The maximum atomic E-state index is 12.8. The molecule has 37 heavy (non-hydrogen) atoms. The summed E-state index contributed by atoms with van der Waals surface area (Å²) < 4.78 is 11.2. The van der Waals surface area contributed by atoms with E-state index in [0.717, 1.165) is 32.9 Å². The highest BCUT2D eigenvalue weighted by atomic mass is 31.1. The van der Waals surface area contributed by atoms with Crippen LogP contribution in [0.3, 0.4) is 0 Å². The van der Waals surface area contributed by atoms with Crippen molar-refractivity contribution in [3.05, 3.63) is 120 Å². The summed E-state index contributed by atoms with van der Waals surface area (Å²) in [5, 5.41) is 4.86. The van der Waals surface area contributed by atoms with Crippen molar-refractivity contribution in [1.29, 1.82) is 0 Å². The van der Waals surface area contributed by atoms with Crippen LogP contribution in [0, 0.1) is 0 Å². The molecule has 0 fully saturated rings. The lowest BCUT2D eigenvalue weighted by Gasteiger charge is -2.20. The molecule has 0 saturated carbocycles. The van der Waals surface area contributed by atoms with E-state index in [9.17, 15) is 9.59 Å². The molecule has 0 spiro atoms. The SMILES string of the molecule is C[C@H](NC(=O)OCC1c2ccccc2-c2ccccc21)C(=O)OCP(c1ccccc1)c1ccccc1. The molecule has 4 aromatic rings. The van der Waals surface area contributed by atoms with Crippen molar-refractivity contribution in [3.8, 4) is 11.1 Å². The molecule has 5 nitrogen and oxygen atoms in total. The first-order chi connectivity index (χ1) is 18.1. The summed E-state index contributed by atoms with van der Waals surface area (Å²) in [5.74, 6) is -0.534. The van der Waals surface area contributed by atoms with Gasteiger partial charge < -0.3 is 14.8 Å². The van der Waals surface area contributed by atoms with Crippen molar-refractivity contribution in [2.45, 2.75) is 18.9 Å². The van der Waals surface area contributed by atoms with E-state index in [1.54, 1.807) is 6.92 Å². The minimum atomic E-state index is -0.878. The lowest BCUT2D eigenvalue weighted by Crippen LogP contribution is -2.40. The van der Waals surface area contributed by atoms with Gasteiger partial charge in [-0.2, -0.15) is 0 Å². The van der Waals surface area contributed by atoms with Gasteiger partial charge in [0.05, 0.1) is 0 Å². The first-order valence-corrected chi connectivity index (χ1v) is 13.8. The Labute approximate surface area is 218 Å². The highest BCUT2D eigenvalue weighted by molar-refractivity contribution is 7.72. The molecule has 0 aliphatic heterocycles. The Hall–Kier alpha value is -3.95. The number of fused-ring (bicyclic) bond motifs is 3. The van der Waals surface area contributed by atoms with E-state index < -0.39 is 26.0 Å². The molecule has 6 heteroatoms. The van der Waals surface area contributed by atoms with Gasteiger partial charge in [-0.1, -0.05) is 109 Å². The van der Waals surface area contributed by atoms with Crippen molar-refractivity contribution >= 4 is 30.6 Å². The van der Waals surface area contributed by atoms with Crippen LogP contribution in [0.4, 0.5) is 4.79 Å². The Kier molecular flexibility index (Phi) is 7.62. The number of carbonyl (C=O) groups is 2. The van der Waals surface area contributed by atoms with E-state index in [1.807, 2.05) is 84.9 Å². The molecular weight excluding hydrogens is 481 g/mol. The van der Waals surface area contributed by atoms with Gasteiger partial charge in [-0.15, -0.1) is 0 Å². The number of amides is 1. The zero-order chi connectivity index (χ0) is 25.6. The van der Waals surface area contributed by atoms with Crippen LogP contribution < -0.4 is 15.9 Å². The zero-order valence-corrected chi connectivity index (χ0v) is 21.4. The third-order valence-electron chi connectivity index (χ3n) is 6.50. The minimum Gasteiger partial charge on any atom is -0.459 e. The van der Waals surface area contributed by atoms with Gasteiger partial charge in [-0.25, -0.2) is 9.59 Å². The lowest BCUT2D eigenvalue weighted by molar-refractivity contribution is -0.143. The maximum absolute atomic E-state index is 12.8. The van der Waals surface area contributed by atoms with Gasteiger partial charge in [0.2, 0.25) is 0 Å². The molecule has 4 aromatic carbocycles. The van der Waals surface area contributed by atoms with Gasteiger partial charge in [0, 0.05) is 5.92 Å². The molecule has 1 aliphatic carbocycles. The quantitative estimate of drug-likeness (QED) is 0.250. The van der Waals surface area contributed by atoms with E-state index in [2.05, 4.69) is 29.6 Å². The van der Waals surface area contributed by atoms with Crippen LogP contribution in [0.2, 0.25) is 0 Å². The normalized spacial score (nSPS) is 12.9. The number of carbonyl (C=O) groups excluding carboxylic acids is 2. The fourth-order valence-corrected chi connectivity index (χ4v) is 6.56. The number of ether oxygens (including phenoxy) is 2. The Bertz CT molecular complexity index is 1290. The molecule has 0 heterocycles. The first kappa shape index (κ1) is 24.7. The predicted octanol–water partition coefficient (Wildman–Crippen LogP) is 5.55. The topological polar surface area (TPSA) is 64.6 Å². The van der Waals surface area contributed by atoms with Gasteiger partial charge in [-0.3, -0.25) is 0 Å². The molecule has 0 unspecified atom stereocenters. The monoisotopic (exact) mass is 509 g/mol. The zero-order valence-electron chi connectivity index (χ0n) is 20.5. The van der Waals surface area contributed by atoms with Crippen LogP contribution in [0.15, 0.2) is 109 Å². The molecule has 5 rings (SSSR count). The third-order valence-corrected chi connectivity index (χ3v) is 8.73. The van der Waals surface area contributed by atoms with Crippen molar-refractivity contribution in [1.82, 2.24) is 5.32 Å². The standard InChI is InChI=1S/C31H28NO4P/c1-22(30(33)36-21-37(23-12-4-2-5-13-23)24-14-6-3-7-15-24)32-31(34)35-20-29-27-18-10-8-16-25(27)26-17-9-11-19-28(26)29/h2-19,22,29H,20-21H2,1H3,(H,32,34)/t22-/m0/s1. The van der Waals surface area contributed by atoms with E-state index in [-0.39, 0.29) is 18.9 Å². The number of hydrogen-bond acceptors (Lipinski definition) is 4. The number of hydrogen-bond donors (Lipinski definition) is 1.